The number of nitrogens with zero attached hydrogens (tertiary/aromatic N) is 2. The van der Waals surface area contributed by atoms with E-state index in [1.54, 1.807) is 0 Å². The van der Waals surface area contributed by atoms with Crippen LogP contribution in [0.5, 0.6) is 0 Å². The molecule has 0 unspecified atom stereocenters. The van der Waals surface area contributed by atoms with Crippen molar-refractivity contribution in [1.29, 1.82) is 0 Å². The minimum Gasteiger partial charge on any atom is -0.380 e. The average Bonchev–Trinajstić information content (AvgIpc) is 3.01. The number of halogens is 2. The van der Waals surface area contributed by atoms with Gasteiger partial charge in [-0.25, -0.2) is 4.98 Å². The fourth-order valence-corrected chi connectivity index (χ4v) is 3.31. The van der Waals surface area contributed by atoms with Gasteiger partial charge in [0.25, 0.3) is 0 Å². The molecule has 2 aromatic rings. The number of rotatable bonds is 4. The highest BCUT2D eigenvalue weighted by Crippen LogP contribution is 2.23. The molecule has 1 fully saturated rings. The highest BCUT2D eigenvalue weighted by Gasteiger charge is 2.12. The van der Waals surface area contributed by atoms with Crippen LogP contribution in [0.3, 0.4) is 0 Å². The van der Waals surface area contributed by atoms with Gasteiger partial charge < -0.3 is 10.2 Å². The molecule has 1 aromatic heterocycles. The van der Waals surface area contributed by atoms with E-state index >= 15 is 0 Å². The zero-order valence-corrected chi connectivity index (χ0v) is 14.0. The van der Waals surface area contributed by atoms with Crippen LogP contribution < -0.4 is 10.2 Å². The fourth-order valence-electron chi connectivity index (χ4n) is 2.49. The summed E-state index contributed by atoms with van der Waals surface area (Å²) in [6.45, 7) is 2.98. The Balaban J connectivity index is 1.62. The summed E-state index contributed by atoms with van der Waals surface area (Å²) in [7, 11) is 0. The Morgan fingerprint density at radius 3 is 2.67 bits per heavy atom. The smallest absolute Gasteiger partial charge is 0.128 e. The van der Waals surface area contributed by atoms with E-state index in [9.17, 15) is 0 Å². The van der Waals surface area contributed by atoms with Crippen LogP contribution in [-0.2, 0) is 6.54 Å². The third-order valence-corrected chi connectivity index (χ3v) is 4.65. The van der Waals surface area contributed by atoms with Crippen LogP contribution in [-0.4, -0.2) is 18.1 Å². The quantitative estimate of drug-likeness (QED) is 0.849. The number of anilines is 2. The summed E-state index contributed by atoms with van der Waals surface area (Å²) in [5.41, 5.74) is 2.20. The van der Waals surface area contributed by atoms with E-state index in [0.717, 1.165) is 40.6 Å². The van der Waals surface area contributed by atoms with Crippen molar-refractivity contribution < 1.29 is 0 Å². The maximum atomic E-state index is 5.95. The molecule has 0 radical (unpaired) electrons. The first-order valence-corrected chi connectivity index (χ1v) is 8.28. The predicted molar refractivity (Wildman–Crippen MR) is 92.2 cm³/mol. The molecule has 110 valence electrons. The molecule has 1 saturated heterocycles. The molecule has 1 aromatic carbocycles. The number of hydrogen-bond acceptors (Lipinski definition) is 3. The number of benzene rings is 1. The van der Waals surface area contributed by atoms with E-state index < -0.39 is 0 Å². The second kappa shape index (κ2) is 6.67. The van der Waals surface area contributed by atoms with Crippen LogP contribution in [0.4, 0.5) is 11.5 Å². The average molecular weight is 367 g/mol. The molecular weight excluding hydrogens is 350 g/mol. The van der Waals surface area contributed by atoms with E-state index in [1.807, 2.05) is 24.4 Å². The summed E-state index contributed by atoms with van der Waals surface area (Å²) in [6.07, 6.45) is 4.44. The van der Waals surface area contributed by atoms with Gasteiger partial charge in [0.1, 0.15) is 5.82 Å². The van der Waals surface area contributed by atoms with Gasteiger partial charge in [-0.15, -0.1) is 0 Å². The topological polar surface area (TPSA) is 28.2 Å². The Morgan fingerprint density at radius 1 is 1.19 bits per heavy atom. The van der Waals surface area contributed by atoms with Gasteiger partial charge in [-0.2, -0.15) is 0 Å². The molecule has 0 saturated carbocycles. The third-order valence-electron chi connectivity index (χ3n) is 3.68. The second-order valence-electron chi connectivity index (χ2n) is 5.19. The van der Waals surface area contributed by atoms with Gasteiger partial charge in [-0.3, -0.25) is 0 Å². The molecule has 21 heavy (non-hydrogen) atoms. The highest BCUT2D eigenvalue weighted by atomic mass is 79.9. The third kappa shape index (κ3) is 3.69. The van der Waals surface area contributed by atoms with Crippen molar-refractivity contribution in [2.75, 3.05) is 23.3 Å². The second-order valence-corrected chi connectivity index (χ2v) is 6.48. The van der Waals surface area contributed by atoms with Gasteiger partial charge >= 0.3 is 0 Å². The Kier molecular flexibility index (Phi) is 4.66. The lowest BCUT2D eigenvalue weighted by Crippen LogP contribution is -2.18. The van der Waals surface area contributed by atoms with E-state index in [2.05, 4.69) is 43.3 Å². The molecule has 3 nitrogen and oxygen atoms in total. The summed E-state index contributed by atoms with van der Waals surface area (Å²) in [5, 5.41) is 4.12. The molecule has 0 amide bonds. The highest BCUT2D eigenvalue weighted by molar-refractivity contribution is 9.10. The van der Waals surface area contributed by atoms with Gasteiger partial charge in [-0.05, 0) is 42.7 Å². The lowest BCUT2D eigenvalue weighted by Gasteiger charge is -2.16. The largest absolute Gasteiger partial charge is 0.380 e. The Labute approximate surface area is 138 Å². The number of nitrogens with one attached hydrogen (secondary N) is 1. The number of pyridine rings is 1. The fraction of sp³-hybridized carbons (Fsp3) is 0.312. The van der Waals surface area contributed by atoms with Gasteiger partial charge in [0.2, 0.25) is 0 Å². The molecular formula is C16H17BrClN3. The van der Waals surface area contributed by atoms with Gasteiger partial charge in [-0.1, -0.05) is 33.6 Å². The molecule has 0 atom stereocenters. The van der Waals surface area contributed by atoms with Crippen LogP contribution >= 0.6 is 27.5 Å². The molecule has 5 heteroatoms. The van der Waals surface area contributed by atoms with Crippen molar-refractivity contribution in [3.05, 3.63) is 51.6 Å². The van der Waals surface area contributed by atoms with Crippen molar-refractivity contribution in [2.24, 2.45) is 0 Å². The van der Waals surface area contributed by atoms with Crippen molar-refractivity contribution in [2.45, 2.75) is 19.4 Å². The molecule has 0 bridgehead atoms. The molecule has 3 rings (SSSR count). The number of aromatic nitrogens is 1. The van der Waals surface area contributed by atoms with E-state index in [-0.39, 0.29) is 0 Å². The zero-order valence-electron chi connectivity index (χ0n) is 11.6. The van der Waals surface area contributed by atoms with Gasteiger partial charge in [0.05, 0.1) is 11.9 Å². The molecule has 2 heterocycles. The lowest BCUT2D eigenvalue weighted by atomic mass is 10.2. The van der Waals surface area contributed by atoms with Gasteiger partial charge in [0, 0.05) is 29.1 Å². The summed E-state index contributed by atoms with van der Waals surface area (Å²) in [6, 6.07) is 10.0. The first-order valence-electron chi connectivity index (χ1n) is 7.11. The summed E-state index contributed by atoms with van der Waals surface area (Å²) < 4.78 is 1.02. The van der Waals surface area contributed by atoms with Gasteiger partial charge in [0.15, 0.2) is 0 Å². The molecule has 1 aliphatic heterocycles. The SMILES string of the molecule is Clc1ccc(CNc2ccc(N3CCCC3)nc2)c(Br)c1. The van der Waals surface area contributed by atoms with Crippen molar-refractivity contribution >= 4 is 39.0 Å². The first kappa shape index (κ1) is 14.7. The Bertz CT molecular complexity index is 609. The predicted octanol–water partition coefficient (Wildman–Crippen LogP) is 4.71. The maximum absolute atomic E-state index is 5.95. The Morgan fingerprint density at radius 2 is 2.00 bits per heavy atom. The lowest BCUT2D eigenvalue weighted by molar-refractivity contribution is 0.937. The Hall–Kier alpha value is -1.26. The van der Waals surface area contributed by atoms with Crippen LogP contribution in [0.25, 0.3) is 0 Å². The van der Waals surface area contributed by atoms with E-state index in [0.29, 0.717) is 0 Å². The molecule has 0 aliphatic carbocycles. The normalized spacial score (nSPS) is 14.5. The van der Waals surface area contributed by atoms with E-state index in [4.69, 9.17) is 11.6 Å². The van der Waals surface area contributed by atoms with Crippen molar-refractivity contribution in [1.82, 2.24) is 4.98 Å². The number of hydrogen-bond donors (Lipinski definition) is 1. The van der Waals surface area contributed by atoms with Crippen LogP contribution in [0.2, 0.25) is 5.02 Å². The minimum atomic E-state index is 0.738. The zero-order chi connectivity index (χ0) is 14.7. The van der Waals surface area contributed by atoms with E-state index in [1.165, 1.54) is 18.4 Å². The van der Waals surface area contributed by atoms with Crippen LogP contribution in [0.15, 0.2) is 41.0 Å². The van der Waals surface area contributed by atoms with Crippen LogP contribution in [0, 0.1) is 0 Å². The monoisotopic (exact) mass is 365 g/mol. The van der Waals surface area contributed by atoms with Crippen LogP contribution in [0.1, 0.15) is 18.4 Å². The van der Waals surface area contributed by atoms with Crippen molar-refractivity contribution in [3.63, 3.8) is 0 Å². The standard InChI is InChI=1S/C16H17BrClN3/c17-15-9-13(18)4-3-12(15)10-19-14-5-6-16(20-11-14)21-7-1-2-8-21/h3-6,9,11,19H,1-2,7-8,10H2. The summed E-state index contributed by atoms with van der Waals surface area (Å²) in [5.74, 6) is 1.07. The summed E-state index contributed by atoms with van der Waals surface area (Å²) >= 11 is 9.48. The molecule has 0 spiro atoms. The van der Waals surface area contributed by atoms with Crippen molar-refractivity contribution in [3.8, 4) is 0 Å². The molecule has 1 aliphatic rings. The molecule has 1 N–H and O–H groups in total. The summed E-state index contributed by atoms with van der Waals surface area (Å²) in [4.78, 5) is 6.87. The maximum Gasteiger partial charge on any atom is 0.128 e. The minimum absolute atomic E-state index is 0.738. The first-order chi connectivity index (χ1) is 10.2.